The number of halogens is 1. The van der Waals surface area contributed by atoms with Gasteiger partial charge in [-0.15, -0.1) is 0 Å². The molecule has 1 atom stereocenters. The van der Waals surface area contributed by atoms with Crippen LogP contribution in [0.5, 0.6) is 5.75 Å². The third kappa shape index (κ3) is 6.96. The second-order valence-corrected chi connectivity index (χ2v) is 10.7. The van der Waals surface area contributed by atoms with Gasteiger partial charge in [-0.3, -0.25) is 14.5 Å². The molecule has 5 rings (SSSR count). The van der Waals surface area contributed by atoms with Crippen molar-refractivity contribution in [2.24, 2.45) is 5.10 Å². The molecule has 1 fully saturated rings. The molecule has 2 aliphatic heterocycles. The maximum atomic E-state index is 14.0. The summed E-state index contributed by atoms with van der Waals surface area (Å²) >= 11 is 6.40. The molecule has 9 heteroatoms. The predicted octanol–water partition coefficient (Wildman–Crippen LogP) is 4.81. The first-order valence-corrected chi connectivity index (χ1v) is 14.2. The minimum Gasteiger partial charge on any atom is -0.497 e. The third-order valence-electron chi connectivity index (χ3n) is 7.56. The van der Waals surface area contributed by atoms with E-state index >= 15 is 0 Å². The smallest absolute Gasteiger partial charge is 0.262 e. The number of hydrogen-bond donors (Lipinski definition) is 0. The van der Waals surface area contributed by atoms with Gasteiger partial charge in [0.15, 0.2) is 0 Å². The molecule has 2 aliphatic rings. The van der Waals surface area contributed by atoms with Gasteiger partial charge in [0.1, 0.15) is 12.3 Å². The van der Waals surface area contributed by atoms with Crippen molar-refractivity contribution >= 4 is 29.1 Å². The largest absolute Gasteiger partial charge is 0.497 e. The van der Waals surface area contributed by atoms with Crippen LogP contribution < -0.4 is 4.74 Å². The van der Waals surface area contributed by atoms with Crippen molar-refractivity contribution in [3.05, 3.63) is 100 Å². The Kier molecular flexibility index (Phi) is 9.34. The van der Waals surface area contributed by atoms with Gasteiger partial charge in [-0.2, -0.15) is 5.10 Å². The number of rotatable bonds is 9. The van der Waals surface area contributed by atoms with Gasteiger partial charge in [-0.25, -0.2) is 5.01 Å². The Morgan fingerprint density at radius 1 is 1.02 bits per heavy atom. The Morgan fingerprint density at radius 2 is 1.73 bits per heavy atom. The second-order valence-electron chi connectivity index (χ2n) is 10.3. The molecule has 0 bridgehead atoms. The van der Waals surface area contributed by atoms with Gasteiger partial charge in [0.2, 0.25) is 0 Å². The van der Waals surface area contributed by atoms with Crippen LogP contribution in [0.3, 0.4) is 0 Å². The number of nitrogens with zero attached hydrogens (tertiary/aromatic N) is 4. The highest BCUT2D eigenvalue weighted by Gasteiger charge is 2.35. The second kappa shape index (κ2) is 13.3. The van der Waals surface area contributed by atoms with Crippen molar-refractivity contribution in [3.8, 4) is 5.75 Å². The Bertz CT molecular complexity index is 1390. The Labute approximate surface area is 246 Å². The molecule has 0 aliphatic carbocycles. The van der Waals surface area contributed by atoms with E-state index in [0.717, 1.165) is 41.2 Å². The van der Waals surface area contributed by atoms with E-state index in [0.29, 0.717) is 43.3 Å². The molecular weight excluding hydrogens is 540 g/mol. The predicted molar refractivity (Wildman–Crippen MR) is 160 cm³/mol. The van der Waals surface area contributed by atoms with Crippen molar-refractivity contribution in [1.82, 2.24) is 14.8 Å². The van der Waals surface area contributed by atoms with Crippen LogP contribution in [0.4, 0.5) is 0 Å². The van der Waals surface area contributed by atoms with Crippen LogP contribution in [0, 0.1) is 6.92 Å². The molecule has 0 unspecified atom stereocenters. The molecule has 3 aromatic rings. The normalized spacial score (nSPS) is 17.3. The van der Waals surface area contributed by atoms with E-state index < -0.39 is 0 Å². The van der Waals surface area contributed by atoms with Gasteiger partial charge in [0.25, 0.3) is 11.8 Å². The molecule has 0 saturated carbocycles. The summed E-state index contributed by atoms with van der Waals surface area (Å²) in [7, 11) is 1.63. The zero-order valence-electron chi connectivity index (χ0n) is 23.5. The van der Waals surface area contributed by atoms with E-state index in [1.807, 2.05) is 55.5 Å². The number of morpholine rings is 1. The summed E-state index contributed by atoms with van der Waals surface area (Å²) in [5, 5.41) is 6.72. The SMILES string of the molecule is COc1ccc(C2=NN(C(=O)CN(CCN3CCOCC3)C(=O)c3ccccc3Cl)[C@H](c3ccc(C)cc3)C2)cc1. The van der Waals surface area contributed by atoms with Gasteiger partial charge in [-0.05, 0) is 54.4 Å². The summed E-state index contributed by atoms with van der Waals surface area (Å²) in [4.78, 5) is 31.5. The highest BCUT2D eigenvalue weighted by atomic mass is 35.5. The van der Waals surface area contributed by atoms with E-state index in [2.05, 4.69) is 4.90 Å². The van der Waals surface area contributed by atoms with Gasteiger partial charge in [0.05, 0.1) is 42.7 Å². The Morgan fingerprint density at radius 3 is 2.41 bits per heavy atom. The molecule has 0 aromatic heterocycles. The maximum absolute atomic E-state index is 14.0. The summed E-state index contributed by atoms with van der Waals surface area (Å²) in [6.07, 6.45) is 0.563. The fraction of sp³-hybridized carbons (Fsp3) is 0.344. The molecule has 2 amide bonds. The van der Waals surface area contributed by atoms with Gasteiger partial charge < -0.3 is 14.4 Å². The summed E-state index contributed by atoms with van der Waals surface area (Å²) < 4.78 is 10.8. The standard InChI is InChI=1S/C32H35ClN4O4/c1-23-7-9-25(10-8-23)30-21-29(24-11-13-26(40-2)14-12-24)34-37(30)31(38)22-36(16-15-35-17-19-41-20-18-35)32(39)27-5-3-4-6-28(27)33/h3-14,30H,15-22H2,1-2H3/t30-/m0/s1. The zero-order valence-corrected chi connectivity index (χ0v) is 24.2. The number of hydrazone groups is 1. The molecule has 0 N–H and O–H groups in total. The fourth-order valence-electron chi connectivity index (χ4n) is 5.13. The zero-order chi connectivity index (χ0) is 28.8. The maximum Gasteiger partial charge on any atom is 0.262 e. The summed E-state index contributed by atoms with van der Waals surface area (Å²) in [6.45, 7) is 5.84. The van der Waals surface area contributed by atoms with Gasteiger partial charge in [-0.1, -0.05) is 53.6 Å². The first-order valence-electron chi connectivity index (χ1n) is 13.9. The van der Waals surface area contributed by atoms with Crippen molar-refractivity contribution in [2.45, 2.75) is 19.4 Å². The van der Waals surface area contributed by atoms with Crippen LogP contribution in [-0.2, 0) is 9.53 Å². The average Bonchev–Trinajstić information content (AvgIpc) is 3.46. The van der Waals surface area contributed by atoms with E-state index in [-0.39, 0.29) is 24.4 Å². The first-order chi connectivity index (χ1) is 19.9. The number of methoxy groups -OCH3 is 1. The number of hydrogen-bond acceptors (Lipinski definition) is 6. The van der Waals surface area contributed by atoms with Crippen LogP contribution in [0.25, 0.3) is 0 Å². The summed E-state index contributed by atoms with van der Waals surface area (Å²) in [5.74, 6) is 0.230. The van der Waals surface area contributed by atoms with E-state index in [1.165, 1.54) is 0 Å². The first kappa shape index (κ1) is 28.8. The number of benzene rings is 3. The monoisotopic (exact) mass is 574 g/mol. The highest BCUT2D eigenvalue weighted by molar-refractivity contribution is 6.33. The minimum absolute atomic E-state index is 0.115. The van der Waals surface area contributed by atoms with Crippen LogP contribution in [0.15, 0.2) is 77.9 Å². The lowest BCUT2D eigenvalue weighted by Crippen LogP contribution is -2.46. The van der Waals surface area contributed by atoms with Gasteiger partial charge in [0, 0.05) is 32.6 Å². The number of amides is 2. The lowest BCUT2D eigenvalue weighted by molar-refractivity contribution is -0.133. The van der Waals surface area contributed by atoms with Crippen LogP contribution in [0.2, 0.25) is 5.02 Å². The van der Waals surface area contributed by atoms with E-state index in [9.17, 15) is 9.59 Å². The molecule has 3 aromatic carbocycles. The number of aryl methyl sites for hydroxylation is 1. The number of carbonyl (C=O) groups excluding carboxylic acids is 2. The molecule has 8 nitrogen and oxygen atoms in total. The van der Waals surface area contributed by atoms with E-state index in [4.69, 9.17) is 26.2 Å². The fourth-order valence-corrected chi connectivity index (χ4v) is 5.34. The third-order valence-corrected chi connectivity index (χ3v) is 7.89. The number of ether oxygens (including phenoxy) is 2. The van der Waals surface area contributed by atoms with Crippen LogP contribution in [0.1, 0.15) is 39.5 Å². The molecule has 0 spiro atoms. The average molecular weight is 575 g/mol. The molecular formula is C32H35ClN4O4. The van der Waals surface area contributed by atoms with Crippen LogP contribution in [-0.4, -0.2) is 85.4 Å². The number of carbonyl (C=O) groups is 2. The quantitative estimate of drug-likeness (QED) is 0.367. The summed E-state index contributed by atoms with van der Waals surface area (Å²) in [5.41, 5.74) is 4.25. The molecule has 0 radical (unpaired) electrons. The molecule has 214 valence electrons. The Hall–Kier alpha value is -3.72. The molecule has 1 saturated heterocycles. The van der Waals surface area contributed by atoms with Crippen molar-refractivity contribution < 1.29 is 19.1 Å². The lowest BCUT2D eigenvalue weighted by atomic mass is 9.97. The van der Waals surface area contributed by atoms with Crippen molar-refractivity contribution in [3.63, 3.8) is 0 Å². The summed E-state index contributed by atoms with van der Waals surface area (Å²) in [6, 6.07) is 22.5. The van der Waals surface area contributed by atoms with Crippen molar-refractivity contribution in [1.29, 1.82) is 0 Å². The van der Waals surface area contributed by atoms with E-state index in [1.54, 1.807) is 41.3 Å². The van der Waals surface area contributed by atoms with Gasteiger partial charge >= 0.3 is 0 Å². The lowest BCUT2D eigenvalue weighted by Gasteiger charge is -2.31. The highest BCUT2D eigenvalue weighted by Crippen LogP contribution is 2.33. The molecule has 41 heavy (non-hydrogen) atoms. The topological polar surface area (TPSA) is 74.7 Å². The van der Waals surface area contributed by atoms with Crippen molar-refractivity contribution in [2.75, 3.05) is 53.0 Å². The van der Waals surface area contributed by atoms with Crippen LogP contribution >= 0.6 is 11.6 Å². The Balaban J connectivity index is 1.42. The molecule has 2 heterocycles. The minimum atomic E-state index is -0.281.